The molecule has 0 unspecified atom stereocenters. The Labute approximate surface area is 231 Å². The summed E-state index contributed by atoms with van der Waals surface area (Å²) in [7, 11) is 0. The van der Waals surface area contributed by atoms with Crippen LogP contribution in [0.1, 0.15) is 55.9 Å². The van der Waals surface area contributed by atoms with Gasteiger partial charge in [-0.15, -0.1) is 0 Å². The van der Waals surface area contributed by atoms with Crippen molar-refractivity contribution in [2.75, 3.05) is 0 Å². The molecule has 0 fully saturated rings. The van der Waals surface area contributed by atoms with Crippen LogP contribution in [0.5, 0.6) is 0 Å². The van der Waals surface area contributed by atoms with E-state index in [9.17, 15) is 26.3 Å². The van der Waals surface area contributed by atoms with Crippen LogP contribution in [0, 0.1) is 80.2 Å². The summed E-state index contributed by atoms with van der Waals surface area (Å²) in [6.45, 7) is 16.3. The van der Waals surface area contributed by atoms with E-state index in [2.05, 4.69) is 19.9 Å². The van der Waals surface area contributed by atoms with E-state index in [4.69, 9.17) is 0 Å². The van der Waals surface area contributed by atoms with Gasteiger partial charge in [0.05, 0.1) is 0 Å². The Morgan fingerprint density at radius 2 is 1.07 bits per heavy atom. The lowest BCUT2D eigenvalue weighted by molar-refractivity contribution is -0.141. The summed E-state index contributed by atoms with van der Waals surface area (Å²) in [4.78, 5) is 13.9. The number of nitrogens with zero attached hydrogens (tertiary/aromatic N) is 4. The molecule has 0 amide bonds. The van der Waals surface area contributed by atoms with E-state index >= 15 is 0 Å². The molecule has 10 heteroatoms. The second-order valence-electron chi connectivity index (χ2n) is 9.26. The number of rotatable bonds is 0. The van der Waals surface area contributed by atoms with Crippen molar-refractivity contribution in [1.82, 2.24) is 19.9 Å². The van der Waals surface area contributed by atoms with Crippen molar-refractivity contribution >= 4 is 0 Å². The zero-order valence-corrected chi connectivity index (χ0v) is 24.1. The van der Waals surface area contributed by atoms with E-state index in [0.717, 1.165) is 45.1 Å². The van der Waals surface area contributed by atoms with Crippen molar-refractivity contribution in [3.63, 3.8) is 0 Å². The average molecular weight is 565 g/mol. The van der Waals surface area contributed by atoms with E-state index in [0.29, 0.717) is 11.1 Å². The summed E-state index contributed by atoms with van der Waals surface area (Å²) < 4.78 is 73.3. The minimum absolute atomic E-state index is 0.366. The molecular weight excluding hydrogens is 530 g/mol. The molecule has 0 saturated heterocycles. The van der Waals surface area contributed by atoms with Crippen molar-refractivity contribution in [3.05, 3.63) is 117 Å². The largest absolute Gasteiger partial charge is 0.433 e. The molecule has 0 saturated carbocycles. The van der Waals surface area contributed by atoms with Gasteiger partial charge in [-0.3, -0.25) is 4.98 Å². The van der Waals surface area contributed by atoms with Gasteiger partial charge in [-0.2, -0.15) is 26.3 Å². The minimum atomic E-state index is -4.33. The molecule has 4 rings (SSSR count). The minimum Gasteiger partial charge on any atom is -0.251 e. The van der Waals surface area contributed by atoms with Gasteiger partial charge in [0.25, 0.3) is 0 Å². The number of hydrogen-bond donors (Lipinski definition) is 0. The van der Waals surface area contributed by atoms with Crippen LogP contribution < -0.4 is 0 Å². The van der Waals surface area contributed by atoms with Crippen LogP contribution in [0.3, 0.4) is 0 Å². The molecule has 0 atom stereocenters. The predicted octanol–water partition coefficient (Wildman–Crippen LogP) is 8.54. The normalized spacial score (nSPS) is 10.4. The first-order valence-electron chi connectivity index (χ1n) is 12.2. The van der Waals surface area contributed by atoms with Crippen LogP contribution in [0.15, 0.2) is 42.9 Å². The van der Waals surface area contributed by atoms with Crippen LogP contribution >= 0.6 is 0 Å². The van der Waals surface area contributed by atoms with Crippen LogP contribution in [-0.2, 0) is 6.18 Å². The van der Waals surface area contributed by atoms with Crippen molar-refractivity contribution in [3.8, 4) is 0 Å². The quantitative estimate of drug-likeness (QED) is 0.159. The maximum Gasteiger partial charge on any atom is 0.433 e. The number of pyridine rings is 4. The lowest BCUT2D eigenvalue weighted by Gasteiger charge is -2.06. The number of hydrogen-bond acceptors (Lipinski definition) is 4. The van der Waals surface area contributed by atoms with Crippen LogP contribution in [0.2, 0.25) is 0 Å². The van der Waals surface area contributed by atoms with Crippen LogP contribution in [0.4, 0.5) is 26.3 Å². The maximum absolute atomic E-state index is 12.5. The molecule has 4 heterocycles. The summed E-state index contributed by atoms with van der Waals surface area (Å²) in [5, 5.41) is 0. The van der Waals surface area contributed by atoms with Crippen LogP contribution in [-0.4, -0.2) is 19.9 Å². The third kappa shape index (κ3) is 11.1. The monoisotopic (exact) mass is 564 g/mol. The summed E-state index contributed by atoms with van der Waals surface area (Å²) >= 11 is 0. The first kappa shape index (κ1) is 34.2. The zero-order valence-electron chi connectivity index (χ0n) is 24.1. The second-order valence-corrected chi connectivity index (χ2v) is 9.26. The average Bonchev–Trinajstić information content (AvgIpc) is 2.85. The molecule has 0 bridgehead atoms. The van der Waals surface area contributed by atoms with E-state index in [1.807, 2.05) is 41.5 Å². The molecule has 4 aromatic rings. The van der Waals surface area contributed by atoms with Crippen molar-refractivity contribution < 1.29 is 26.3 Å². The molecule has 0 aromatic carbocycles. The SMILES string of the molecule is Cc1cc(F)nc(C)c1C.Cc1ccnc(F)c1C.Cc1cnc(C(F)(F)F)cc1C.Cc1cnc(F)cc1C. The third-order valence-corrected chi connectivity index (χ3v) is 6.16. The van der Waals surface area contributed by atoms with E-state index in [1.54, 1.807) is 26.8 Å². The molecule has 0 spiro atoms. The Bertz CT molecular complexity index is 1370. The Balaban J connectivity index is 0.000000269. The molecule has 0 aliphatic carbocycles. The molecule has 0 radical (unpaired) electrons. The van der Waals surface area contributed by atoms with Gasteiger partial charge in [0.2, 0.25) is 17.8 Å². The summed E-state index contributed by atoms with van der Waals surface area (Å²) in [5.74, 6) is -1.16. The Morgan fingerprint density at radius 1 is 0.550 bits per heavy atom. The Hall–Kier alpha value is -3.82. The van der Waals surface area contributed by atoms with Gasteiger partial charge in [0.1, 0.15) is 5.69 Å². The second kappa shape index (κ2) is 15.1. The lowest BCUT2D eigenvalue weighted by Crippen LogP contribution is -2.08. The standard InChI is InChI=1S/C8H8F3N.C8H10FN.2C7H8FN/c1-5-3-7(8(9,10)11)12-4-6(5)2;1-5-4-8(9)10-7(3)6(5)2;1-5-3-7(8)9-4-6(5)2;1-5-3-4-9-7(8)6(5)2/h3-4H,1-2H3;4H,1-3H3;2*3-4H,1-2H3. The highest BCUT2D eigenvalue weighted by atomic mass is 19.4. The van der Waals surface area contributed by atoms with Crippen molar-refractivity contribution in [2.24, 2.45) is 0 Å². The number of aromatic nitrogens is 4. The molecule has 0 aliphatic heterocycles. The van der Waals surface area contributed by atoms with E-state index < -0.39 is 17.8 Å². The lowest BCUT2D eigenvalue weighted by atomic mass is 10.1. The fourth-order valence-electron chi connectivity index (χ4n) is 2.82. The number of aryl methyl sites for hydroxylation is 7. The van der Waals surface area contributed by atoms with Gasteiger partial charge in [-0.1, -0.05) is 0 Å². The summed E-state index contributed by atoms with van der Waals surface area (Å²) in [6.07, 6.45) is -0.0983. The fraction of sp³-hybridized carbons (Fsp3) is 0.333. The first-order valence-corrected chi connectivity index (χ1v) is 12.2. The highest BCUT2D eigenvalue weighted by Gasteiger charge is 2.32. The fourth-order valence-corrected chi connectivity index (χ4v) is 2.82. The highest BCUT2D eigenvalue weighted by Crippen LogP contribution is 2.28. The van der Waals surface area contributed by atoms with Gasteiger partial charge >= 0.3 is 6.18 Å². The van der Waals surface area contributed by atoms with E-state index in [1.165, 1.54) is 30.7 Å². The van der Waals surface area contributed by atoms with Gasteiger partial charge in [-0.25, -0.2) is 15.0 Å². The van der Waals surface area contributed by atoms with Gasteiger partial charge < -0.3 is 0 Å². The summed E-state index contributed by atoms with van der Waals surface area (Å²) in [5.41, 5.74) is 6.91. The topological polar surface area (TPSA) is 51.6 Å². The number of alkyl halides is 3. The van der Waals surface area contributed by atoms with Crippen molar-refractivity contribution in [2.45, 2.75) is 68.5 Å². The molecule has 0 aliphatic rings. The molecular formula is C30H34F6N4. The Kier molecular flexibility index (Phi) is 12.9. The highest BCUT2D eigenvalue weighted by molar-refractivity contribution is 5.27. The molecule has 0 N–H and O–H groups in total. The van der Waals surface area contributed by atoms with Gasteiger partial charge in [0.15, 0.2) is 0 Å². The smallest absolute Gasteiger partial charge is 0.251 e. The summed E-state index contributed by atoms with van der Waals surface area (Å²) in [6, 6.07) is 5.71. The van der Waals surface area contributed by atoms with Crippen molar-refractivity contribution in [1.29, 1.82) is 0 Å². The molecule has 4 aromatic heterocycles. The Morgan fingerprint density at radius 3 is 1.50 bits per heavy atom. The third-order valence-electron chi connectivity index (χ3n) is 6.16. The van der Waals surface area contributed by atoms with Crippen LogP contribution in [0.25, 0.3) is 0 Å². The zero-order chi connectivity index (χ0) is 30.8. The van der Waals surface area contributed by atoms with Gasteiger partial charge in [0, 0.05) is 29.8 Å². The molecule has 40 heavy (non-hydrogen) atoms. The molecule has 216 valence electrons. The van der Waals surface area contributed by atoms with Gasteiger partial charge in [-0.05, 0) is 126 Å². The first-order chi connectivity index (χ1) is 18.4. The van der Waals surface area contributed by atoms with E-state index in [-0.39, 0.29) is 11.9 Å². The molecule has 4 nitrogen and oxygen atoms in total. The predicted molar refractivity (Wildman–Crippen MR) is 144 cm³/mol. The maximum atomic E-state index is 12.5. The number of halogens is 6.